The minimum atomic E-state index is -0.0485. The highest BCUT2D eigenvalue weighted by Crippen LogP contribution is 2.29. The predicted molar refractivity (Wildman–Crippen MR) is 80.9 cm³/mol. The Kier molecular flexibility index (Phi) is 4.24. The maximum Gasteiger partial charge on any atom is 0.234 e. The van der Waals surface area contributed by atoms with Gasteiger partial charge in [0.25, 0.3) is 0 Å². The lowest BCUT2D eigenvalue weighted by atomic mass is 10.1. The normalized spacial score (nSPS) is 17.9. The molecule has 1 amide bonds. The molecule has 1 unspecified atom stereocenters. The molecule has 2 aromatic rings. The molecule has 1 aliphatic heterocycles. The lowest BCUT2D eigenvalue weighted by molar-refractivity contribution is -0.122. The average Bonchev–Trinajstić information content (AvgIpc) is 3.02. The summed E-state index contributed by atoms with van der Waals surface area (Å²) < 4.78 is 11.0. The van der Waals surface area contributed by atoms with Crippen molar-refractivity contribution in [3.05, 3.63) is 30.3 Å². The number of hydrogen-bond donors (Lipinski definition) is 3. The number of benzene rings is 1. The van der Waals surface area contributed by atoms with Gasteiger partial charge in [-0.1, -0.05) is 12.1 Å². The Morgan fingerprint density at radius 2 is 2.23 bits per heavy atom. The monoisotopic (exact) mass is 302 g/mol. The van der Waals surface area contributed by atoms with E-state index in [4.69, 9.17) is 9.47 Å². The summed E-state index contributed by atoms with van der Waals surface area (Å²) in [7, 11) is 1.63. The number of rotatable bonds is 5. The first-order valence-electron chi connectivity index (χ1n) is 7.08. The van der Waals surface area contributed by atoms with Crippen LogP contribution < -0.4 is 20.1 Å². The van der Waals surface area contributed by atoms with E-state index in [1.165, 1.54) is 0 Å². The molecule has 1 aliphatic rings. The number of aromatic nitrogens is 2. The number of carbonyl (C=O) groups is 1. The molecule has 0 radical (unpaired) electrons. The van der Waals surface area contributed by atoms with Gasteiger partial charge in [-0.05, 0) is 12.1 Å². The highest BCUT2D eigenvalue weighted by atomic mass is 16.5. The molecule has 7 heteroatoms. The van der Waals surface area contributed by atoms with Crippen molar-refractivity contribution >= 4 is 5.91 Å². The van der Waals surface area contributed by atoms with Crippen LogP contribution in [-0.4, -0.2) is 49.0 Å². The van der Waals surface area contributed by atoms with Gasteiger partial charge in [-0.2, -0.15) is 0 Å². The minimum absolute atomic E-state index is 0.0170. The summed E-state index contributed by atoms with van der Waals surface area (Å²) in [6.07, 6.45) is 0. The summed E-state index contributed by atoms with van der Waals surface area (Å²) in [6.45, 7) is 1.42. The molecule has 2 heterocycles. The van der Waals surface area contributed by atoms with Crippen LogP contribution in [0.25, 0.3) is 11.3 Å². The van der Waals surface area contributed by atoms with Crippen LogP contribution in [0.2, 0.25) is 0 Å². The van der Waals surface area contributed by atoms with E-state index in [9.17, 15) is 4.79 Å². The Morgan fingerprint density at radius 1 is 1.36 bits per heavy atom. The van der Waals surface area contributed by atoms with Crippen molar-refractivity contribution < 1.29 is 14.3 Å². The van der Waals surface area contributed by atoms with Gasteiger partial charge >= 0.3 is 0 Å². The van der Waals surface area contributed by atoms with Crippen molar-refractivity contribution in [1.82, 2.24) is 20.8 Å². The van der Waals surface area contributed by atoms with Crippen LogP contribution in [0.3, 0.4) is 0 Å². The quantitative estimate of drug-likeness (QED) is 0.751. The molecule has 1 fully saturated rings. The van der Waals surface area contributed by atoms with Gasteiger partial charge in [-0.3, -0.25) is 9.89 Å². The standard InChI is InChI=1S/C15H18N4O3/c1-21-13-5-3-2-4-11(13)12-6-15(19-18-12)22-9-10-7-16-8-14(20)17-10/h2-6,10,16H,7-9H2,1H3,(H,17,20)(H,18,19). The van der Waals surface area contributed by atoms with Crippen molar-refractivity contribution in [2.24, 2.45) is 0 Å². The van der Waals surface area contributed by atoms with Gasteiger partial charge in [0.15, 0.2) is 0 Å². The Bertz CT molecular complexity index is 656. The van der Waals surface area contributed by atoms with E-state index in [1.54, 1.807) is 7.11 Å². The number of amides is 1. The van der Waals surface area contributed by atoms with Gasteiger partial charge in [0, 0.05) is 18.2 Å². The molecule has 0 spiro atoms. The number of para-hydroxylation sites is 1. The molecule has 3 N–H and O–H groups in total. The number of nitrogens with one attached hydrogen (secondary N) is 3. The highest BCUT2D eigenvalue weighted by Gasteiger charge is 2.18. The summed E-state index contributed by atoms with van der Waals surface area (Å²) in [5, 5.41) is 13.0. The number of carbonyl (C=O) groups excluding carboxylic acids is 1. The van der Waals surface area contributed by atoms with Crippen LogP contribution in [0.4, 0.5) is 0 Å². The predicted octanol–water partition coefficient (Wildman–Crippen LogP) is 0.552. The third-order valence-electron chi connectivity index (χ3n) is 3.43. The van der Waals surface area contributed by atoms with Crippen molar-refractivity contribution in [1.29, 1.82) is 0 Å². The van der Waals surface area contributed by atoms with Gasteiger partial charge in [-0.25, -0.2) is 0 Å². The molecule has 1 aromatic carbocycles. The van der Waals surface area contributed by atoms with E-state index in [-0.39, 0.29) is 11.9 Å². The van der Waals surface area contributed by atoms with Crippen LogP contribution in [0.15, 0.2) is 30.3 Å². The number of aromatic amines is 1. The fourth-order valence-corrected chi connectivity index (χ4v) is 2.36. The molecule has 22 heavy (non-hydrogen) atoms. The van der Waals surface area contributed by atoms with Gasteiger partial charge in [0.2, 0.25) is 11.8 Å². The van der Waals surface area contributed by atoms with E-state index in [0.717, 1.165) is 17.0 Å². The minimum Gasteiger partial charge on any atom is -0.496 e. The molecular weight excluding hydrogens is 284 g/mol. The first-order valence-corrected chi connectivity index (χ1v) is 7.08. The second-order valence-electron chi connectivity index (χ2n) is 5.03. The third kappa shape index (κ3) is 3.20. The first kappa shape index (κ1) is 14.4. The van der Waals surface area contributed by atoms with Gasteiger partial charge < -0.3 is 20.1 Å². The molecule has 7 nitrogen and oxygen atoms in total. The largest absolute Gasteiger partial charge is 0.496 e. The maximum absolute atomic E-state index is 11.3. The van der Waals surface area contributed by atoms with Gasteiger partial charge in [-0.15, -0.1) is 5.10 Å². The van der Waals surface area contributed by atoms with Crippen LogP contribution >= 0.6 is 0 Å². The number of methoxy groups -OCH3 is 1. The molecule has 3 rings (SSSR count). The zero-order chi connectivity index (χ0) is 15.4. The fraction of sp³-hybridized carbons (Fsp3) is 0.333. The van der Waals surface area contributed by atoms with Crippen LogP contribution in [0, 0.1) is 0 Å². The maximum atomic E-state index is 11.3. The molecule has 1 atom stereocenters. The van der Waals surface area contributed by atoms with Crippen molar-refractivity contribution in [3.8, 4) is 22.9 Å². The van der Waals surface area contributed by atoms with Crippen LogP contribution in [-0.2, 0) is 4.79 Å². The Hall–Kier alpha value is -2.54. The molecule has 1 saturated heterocycles. The highest BCUT2D eigenvalue weighted by molar-refractivity contribution is 5.79. The lowest BCUT2D eigenvalue weighted by Gasteiger charge is -2.23. The number of hydrogen-bond acceptors (Lipinski definition) is 5. The summed E-state index contributed by atoms with van der Waals surface area (Å²) >= 11 is 0. The summed E-state index contributed by atoms with van der Waals surface area (Å²) in [5.41, 5.74) is 1.73. The topological polar surface area (TPSA) is 88.3 Å². The van der Waals surface area contributed by atoms with Crippen molar-refractivity contribution in [3.63, 3.8) is 0 Å². The third-order valence-corrected chi connectivity index (χ3v) is 3.43. The Morgan fingerprint density at radius 3 is 3.05 bits per heavy atom. The lowest BCUT2D eigenvalue weighted by Crippen LogP contribution is -2.54. The molecule has 0 bridgehead atoms. The number of ether oxygens (including phenoxy) is 2. The molecule has 0 aliphatic carbocycles. The number of piperazine rings is 1. The average molecular weight is 302 g/mol. The zero-order valence-corrected chi connectivity index (χ0v) is 12.3. The zero-order valence-electron chi connectivity index (χ0n) is 12.3. The first-order chi connectivity index (χ1) is 10.8. The Labute approximate surface area is 128 Å². The SMILES string of the molecule is COc1ccccc1-c1cc(OCC2CNCC(=O)N2)n[nH]1. The van der Waals surface area contributed by atoms with Crippen molar-refractivity contribution in [2.45, 2.75) is 6.04 Å². The molecular formula is C15H18N4O3. The van der Waals surface area contributed by atoms with Crippen LogP contribution in [0.1, 0.15) is 0 Å². The summed E-state index contributed by atoms with van der Waals surface area (Å²) in [5.74, 6) is 1.23. The van der Waals surface area contributed by atoms with Crippen molar-refractivity contribution in [2.75, 3.05) is 26.8 Å². The van der Waals surface area contributed by atoms with Crippen LogP contribution in [0.5, 0.6) is 11.6 Å². The van der Waals surface area contributed by atoms with E-state index < -0.39 is 0 Å². The number of nitrogens with zero attached hydrogens (tertiary/aromatic N) is 1. The molecule has 116 valence electrons. The molecule has 0 saturated carbocycles. The fourth-order valence-electron chi connectivity index (χ4n) is 2.36. The van der Waals surface area contributed by atoms with E-state index in [1.807, 2.05) is 30.3 Å². The van der Waals surface area contributed by atoms with E-state index >= 15 is 0 Å². The van der Waals surface area contributed by atoms with E-state index in [2.05, 4.69) is 20.8 Å². The van der Waals surface area contributed by atoms with E-state index in [0.29, 0.717) is 25.6 Å². The van der Waals surface area contributed by atoms with Gasteiger partial charge in [0.05, 0.1) is 25.4 Å². The smallest absolute Gasteiger partial charge is 0.234 e. The summed E-state index contributed by atoms with van der Waals surface area (Å²) in [4.78, 5) is 11.3. The second kappa shape index (κ2) is 6.48. The number of H-pyrrole nitrogens is 1. The van der Waals surface area contributed by atoms with Gasteiger partial charge in [0.1, 0.15) is 12.4 Å². The Balaban J connectivity index is 1.65. The second-order valence-corrected chi connectivity index (χ2v) is 5.03. The molecule has 1 aromatic heterocycles. The summed E-state index contributed by atoms with van der Waals surface area (Å²) in [6, 6.07) is 9.45.